The van der Waals surface area contributed by atoms with Gasteiger partial charge in [-0.15, -0.1) is 0 Å². The molecule has 0 aliphatic carbocycles. The zero-order chi connectivity index (χ0) is 19.0. The van der Waals surface area contributed by atoms with Gasteiger partial charge in [0.15, 0.2) is 0 Å². The van der Waals surface area contributed by atoms with Gasteiger partial charge in [-0.3, -0.25) is 0 Å². The Hall–Kier alpha value is -1.02. The molecule has 26 heavy (non-hydrogen) atoms. The van der Waals surface area contributed by atoms with Crippen molar-refractivity contribution in [3.8, 4) is 5.75 Å². The minimum absolute atomic E-state index is 0.178. The summed E-state index contributed by atoms with van der Waals surface area (Å²) in [7, 11) is 0. The highest BCUT2D eigenvalue weighted by Gasteiger charge is 2.16. The first-order valence-electron chi connectivity index (χ1n) is 11.2. The summed E-state index contributed by atoms with van der Waals surface area (Å²) in [5.41, 5.74) is 7.11. The first-order valence-corrected chi connectivity index (χ1v) is 11.2. The monoisotopic (exact) mass is 361 g/mol. The number of hydrogen-bond acceptors (Lipinski definition) is 2. The summed E-state index contributed by atoms with van der Waals surface area (Å²) in [5.74, 6) is 0.816. The van der Waals surface area contributed by atoms with Gasteiger partial charge in [0, 0.05) is 6.04 Å². The molecule has 1 aromatic rings. The SMILES string of the molecule is CCCCCCCCCCCCCCC(CC(C)N)c1ccccc1O. The highest BCUT2D eigenvalue weighted by atomic mass is 16.3. The minimum atomic E-state index is 0.178. The Kier molecular flexibility index (Phi) is 13.4. The number of aromatic hydroxyl groups is 1. The van der Waals surface area contributed by atoms with Crippen molar-refractivity contribution in [2.24, 2.45) is 5.73 Å². The molecule has 0 saturated carbocycles. The summed E-state index contributed by atoms with van der Waals surface area (Å²) >= 11 is 0. The average Bonchev–Trinajstić information content (AvgIpc) is 2.62. The van der Waals surface area contributed by atoms with Gasteiger partial charge in [-0.05, 0) is 37.3 Å². The Balaban J connectivity index is 2.11. The van der Waals surface area contributed by atoms with Gasteiger partial charge >= 0.3 is 0 Å². The van der Waals surface area contributed by atoms with Gasteiger partial charge in [0.25, 0.3) is 0 Å². The summed E-state index contributed by atoms with van der Waals surface area (Å²) in [6.07, 6.45) is 18.6. The van der Waals surface area contributed by atoms with E-state index in [1.165, 1.54) is 77.0 Å². The Labute approximate surface area is 162 Å². The van der Waals surface area contributed by atoms with Gasteiger partial charge in [0.05, 0.1) is 0 Å². The van der Waals surface area contributed by atoms with Crippen LogP contribution in [0, 0.1) is 0 Å². The number of phenols is 1. The van der Waals surface area contributed by atoms with E-state index in [1.807, 2.05) is 12.1 Å². The average molecular weight is 362 g/mol. The van der Waals surface area contributed by atoms with Crippen molar-refractivity contribution in [2.45, 2.75) is 116 Å². The molecule has 0 spiro atoms. The molecule has 0 amide bonds. The summed E-state index contributed by atoms with van der Waals surface area (Å²) in [4.78, 5) is 0. The van der Waals surface area contributed by atoms with E-state index >= 15 is 0 Å². The molecule has 0 bridgehead atoms. The second kappa shape index (κ2) is 15.1. The van der Waals surface area contributed by atoms with Gasteiger partial charge in [-0.1, -0.05) is 102 Å². The number of rotatable bonds is 16. The molecule has 150 valence electrons. The standard InChI is InChI=1S/C24H43NO/c1-3-4-5-6-7-8-9-10-11-12-13-14-17-22(20-21(2)25)23-18-15-16-19-24(23)26/h15-16,18-19,21-22,26H,3-14,17,20,25H2,1-2H3. The van der Waals surface area contributed by atoms with E-state index in [-0.39, 0.29) is 6.04 Å². The number of benzene rings is 1. The first-order chi connectivity index (χ1) is 12.6. The molecule has 0 saturated heterocycles. The van der Waals surface area contributed by atoms with Crippen LogP contribution < -0.4 is 5.73 Å². The van der Waals surface area contributed by atoms with Gasteiger partial charge in [0.2, 0.25) is 0 Å². The largest absolute Gasteiger partial charge is 0.508 e. The molecule has 2 nitrogen and oxygen atoms in total. The van der Waals surface area contributed by atoms with Crippen LogP contribution in [0.25, 0.3) is 0 Å². The fraction of sp³-hybridized carbons (Fsp3) is 0.750. The molecule has 1 aromatic carbocycles. The quantitative estimate of drug-likeness (QED) is 0.303. The van der Waals surface area contributed by atoms with Crippen LogP contribution in [0.1, 0.15) is 115 Å². The summed E-state index contributed by atoms with van der Waals surface area (Å²) in [6.45, 7) is 4.34. The maximum atomic E-state index is 10.1. The topological polar surface area (TPSA) is 46.2 Å². The molecule has 3 N–H and O–H groups in total. The van der Waals surface area contributed by atoms with E-state index in [4.69, 9.17) is 5.73 Å². The van der Waals surface area contributed by atoms with Gasteiger partial charge < -0.3 is 10.8 Å². The Morgan fingerprint density at radius 3 is 1.81 bits per heavy atom. The lowest BCUT2D eigenvalue weighted by Crippen LogP contribution is -2.19. The number of hydrogen-bond donors (Lipinski definition) is 2. The van der Waals surface area contributed by atoms with E-state index in [2.05, 4.69) is 19.9 Å². The zero-order valence-corrected chi connectivity index (χ0v) is 17.4. The highest BCUT2D eigenvalue weighted by Crippen LogP contribution is 2.33. The molecule has 1 rings (SSSR count). The lowest BCUT2D eigenvalue weighted by atomic mass is 9.87. The fourth-order valence-corrected chi connectivity index (χ4v) is 3.91. The van der Waals surface area contributed by atoms with Crippen LogP contribution >= 0.6 is 0 Å². The summed E-state index contributed by atoms with van der Waals surface area (Å²) < 4.78 is 0. The Morgan fingerprint density at radius 2 is 1.31 bits per heavy atom. The molecule has 0 heterocycles. The van der Waals surface area contributed by atoms with Crippen molar-refractivity contribution in [1.29, 1.82) is 0 Å². The maximum absolute atomic E-state index is 10.1. The normalized spacial score (nSPS) is 13.7. The van der Waals surface area contributed by atoms with Crippen LogP contribution in [-0.2, 0) is 0 Å². The third kappa shape index (κ3) is 10.9. The second-order valence-electron chi connectivity index (χ2n) is 8.15. The number of para-hydroxylation sites is 1. The third-order valence-corrected chi connectivity index (χ3v) is 5.44. The molecule has 2 atom stereocenters. The molecule has 0 fully saturated rings. The molecule has 2 heteroatoms. The lowest BCUT2D eigenvalue weighted by molar-refractivity contribution is 0.436. The van der Waals surface area contributed by atoms with Gasteiger partial charge in [-0.25, -0.2) is 0 Å². The molecule has 0 aromatic heterocycles. The van der Waals surface area contributed by atoms with Crippen LogP contribution in [0.4, 0.5) is 0 Å². The van der Waals surface area contributed by atoms with E-state index in [1.54, 1.807) is 6.07 Å². The van der Waals surface area contributed by atoms with Crippen molar-refractivity contribution in [3.63, 3.8) is 0 Å². The van der Waals surface area contributed by atoms with Crippen molar-refractivity contribution in [2.75, 3.05) is 0 Å². The summed E-state index contributed by atoms with van der Waals surface area (Å²) in [6, 6.07) is 7.95. The van der Waals surface area contributed by atoms with E-state index in [9.17, 15) is 5.11 Å². The Morgan fingerprint density at radius 1 is 0.808 bits per heavy atom. The van der Waals surface area contributed by atoms with Crippen LogP contribution in [0.5, 0.6) is 5.75 Å². The van der Waals surface area contributed by atoms with Crippen LogP contribution in [0.15, 0.2) is 24.3 Å². The lowest BCUT2D eigenvalue weighted by Gasteiger charge is -2.20. The smallest absolute Gasteiger partial charge is 0.119 e. The second-order valence-corrected chi connectivity index (χ2v) is 8.15. The van der Waals surface area contributed by atoms with Crippen LogP contribution in [0.3, 0.4) is 0 Å². The van der Waals surface area contributed by atoms with E-state index in [0.717, 1.165) is 18.4 Å². The van der Waals surface area contributed by atoms with Crippen molar-refractivity contribution in [1.82, 2.24) is 0 Å². The molecule has 2 unspecified atom stereocenters. The van der Waals surface area contributed by atoms with Gasteiger partial charge in [0.1, 0.15) is 5.75 Å². The zero-order valence-electron chi connectivity index (χ0n) is 17.4. The van der Waals surface area contributed by atoms with Gasteiger partial charge in [-0.2, -0.15) is 0 Å². The van der Waals surface area contributed by atoms with Crippen molar-refractivity contribution >= 4 is 0 Å². The van der Waals surface area contributed by atoms with Crippen LogP contribution in [0.2, 0.25) is 0 Å². The first kappa shape index (κ1) is 23.0. The molecular weight excluding hydrogens is 318 g/mol. The van der Waals surface area contributed by atoms with Crippen molar-refractivity contribution in [3.05, 3.63) is 29.8 Å². The fourth-order valence-electron chi connectivity index (χ4n) is 3.91. The number of unbranched alkanes of at least 4 members (excludes halogenated alkanes) is 11. The summed E-state index contributed by atoms with van der Waals surface area (Å²) in [5, 5.41) is 10.1. The number of phenolic OH excluding ortho intramolecular Hbond substituents is 1. The van der Waals surface area contributed by atoms with E-state index in [0.29, 0.717) is 11.7 Å². The maximum Gasteiger partial charge on any atom is 0.119 e. The van der Waals surface area contributed by atoms with E-state index < -0.39 is 0 Å². The Bertz CT molecular complexity index is 444. The number of nitrogens with two attached hydrogens (primary N) is 1. The molecular formula is C24H43NO. The highest BCUT2D eigenvalue weighted by molar-refractivity contribution is 5.34. The van der Waals surface area contributed by atoms with Crippen molar-refractivity contribution < 1.29 is 5.11 Å². The predicted molar refractivity (Wildman–Crippen MR) is 115 cm³/mol. The minimum Gasteiger partial charge on any atom is -0.508 e. The molecule has 0 radical (unpaired) electrons. The van der Waals surface area contributed by atoms with Crippen LogP contribution in [-0.4, -0.2) is 11.1 Å². The predicted octanol–water partition coefficient (Wildman–Crippen LogP) is 7.30. The molecule has 0 aliphatic rings. The third-order valence-electron chi connectivity index (χ3n) is 5.44. The molecule has 0 aliphatic heterocycles.